The highest BCUT2D eigenvalue weighted by Crippen LogP contribution is 2.22. The zero-order chi connectivity index (χ0) is 13.2. The van der Waals surface area contributed by atoms with Gasteiger partial charge in [0.05, 0.1) is 29.8 Å². The maximum atomic E-state index is 8.91. The van der Waals surface area contributed by atoms with Gasteiger partial charge in [-0.1, -0.05) is 11.6 Å². The average Bonchev–Trinajstić information content (AvgIpc) is 2.34. The monoisotopic (exact) mass is 266 g/mol. The number of benzene rings is 1. The highest BCUT2D eigenvalue weighted by atomic mass is 35.5. The number of halogens is 1. The van der Waals surface area contributed by atoms with Gasteiger partial charge in [-0.25, -0.2) is 0 Å². The second-order valence-electron chi connectivity index (χ2n) is 4.67. The van der Waals surface area contributed by atoms with Crippen LogP contribution in [0.4, 0.5) is 5.69 Å². The number of hydrogen-bond acceptors (Lipinski definition) is 4. The summed E-state index contributed by atoms with van der Waals surface area (Å²) in [5, 5.41) is 12.6. The van der Waals surface area contributed by atoms with Gasteiger partial charge in [-0.05, 0) is 32.0 Å². The van der Waals surface area contributed by atoms with E-state index in [1.54, 1.807) is 12.1 Å². The summed E-state index contributed by atoms with van der Waals surface area (Å²) in [6.07, 6.45) is 0. The molecule has 18 heavy (non-hydrogen) atoms. The fraction of sp³-hybridized carbons (Fsp3) is 0.462. The summed E-state index contributed by atoms with van der Waals surface area (Å²) < 4.78 is 11.1. The van der Waals surface area contributed by atoms with E-state index in [1.807, 2.05) is 19.9 Å². The number of ether oxygens (including phenoxy) is 2. The number of anilines is 1. The van der Waals surface area contributed by atoms with Crippen LogP contribution in [0.3, 0.4) is 0 Å². The van der Waals surface area contributed by atoms with Crippen LogP contribution in [-0.4, -0.2) is 25.0 Å². The Morgan fingerprint density at radius 1 is 1.39 bits per heavy atom. The minimum Gasteiger partial charge on any atom is -0.378 e. The predicted molar refractivity (Wildman–Crippen MR) is 69.6 cm³/mol. The van der Waals surface area contributed by atoms with E-state index in [9.17, 15) is 0 Å². The molecule has 4 nitrogen and oxygen atoms in total. The standard InChI is InChI=1S/C13H15ClN2O2/c1-13(2)17-7-11(8-18-13)16-10-3-4-12(14)9(5-10)6-15/h3-5,11,16H,7-8H2,1-2H3. The molecule has 1 aliphatic heterocycles. The van der Waals surface area contributed by atoms with Crippen LogP contribution in [0.25, 0.3) is 0 Å². The van der Waals surface area contributed by atoms with Gasteiger partial charge in [-0.2, -0.15) is 5.26 Å². The molecule has 0 aliphatic carbocycles. The van der Waals surface area contributed by atoms with Gasteiger partial charge < -0.3 is 14.8 Å². The van der Waals surface area contributed by atoms with Gasteiger partial charge in [0.2, 0.25) is 0 Å². The largest absolute Gasteiger partial charge is 0.378 e. The topological polar surface area (TPSA) is 54.3 Å². The molecule has 1 aromatic rings. The lowest BCUT2D eigenvalue weighted by atomic mass is 10.2. The molecule has 1 N–H and O–H groups in total. The molecule has 0 saturated carbocycles. The van der Waals surface area contributed by atoms with E-state index < -0.39 is 5.79 Å². The molecular weight excluding hydrogens is 252 g/mol. The van der Waals surface area contributed by atoms with Crippen LogP contribution in [-0.2, 0) is 9.47 Å². The van der Waals surface area contributed by atoms with E-state index in [4.69, 9.17) is 26.3 Å². The van der Waals surface area contributed by atoms with Gasteiger partial charge in [0.15, 0.2) is 5.79 Å². The van der Waals surface area contributed by atoms with Crippen molar-refractivity contribution in [3.63, 3.8) is 0 Å². The second-order valence-corrected chi connectivity index (χ2v) is 5.08. The number of nitrogens with one attached hydrogen (secondary N) is 1. The SMILES string of the molecule is CC1(C)OCC(Nc2ccc(Cl)c(C#N)c2)CO1. The molecule has 1 heterocycles. The van der Waals surface area contributed by atoms with E-state index in [-0.39, 0.29) is 6.04 Å². The Hall–Kier alpha value is -1.28. The van der Waals surface area contributed by atoms with Gasteiger partial charge >= 0.3 is 0 Å². The van der Waals surface area contributed by atoms with Gasteiger partial charge in [-0.15, -0.1) is 0 Å². The molecule has 0 amide bonds. The molecule has 1 fully saturated rings. The van der Waals surface area contributed by atoms with Crippen LogP contribution < -0.4 is 5.32 Å². The van der Waals surface area contributed by atoms with Crippen molar-refractivity contribution >= 4 is 17.3 Å². The second kappa shape index (κ2) is 5.15. The molecular formula is C13H15ClN2O2. The van der Waals surface area contributed by atoms with Crippen LogP contribution in [0, 0.1) is 11.3 Å². The molecule has 5 heteroatoms. The third-order valence-electron chi connectivity index (χ3n) is 2.72. The molecule has 0 aromatic heterocycles. The molecule has 1 aromatic carbocycles. The summed E-state index contributed by atoms with van der Waals surface area (Å²) in [7, 11) is 0. The first-order valence-corrected chi connectivity index (χ1v) is 6.12. The van der Waals surface area contributed by atoms with Crippen molar-refractivity contribution < 1.29 is 9.47 Å². The maximum Gasteiger partial charge on any atom is 0.162 e. The Bertz CT molecular complexity index is 472. The lowest BCUT2D eigenvalue weighted by Crippen LogP contribution is -2.45. The highest BCUT2D eigenvalue weighted by molar-refractivity contribution is 6.31. The van der Waals surface area contributed by atoms with E-state index in [0.717, 1.165) is 5.69 Å². The predicted octanol–water partition coefficient (Wildman–Crippen LogP) is 2.78. The summed E-state index contributed by atoms with van der Waals surface area (Å²) in [5.41, 5.74) is 1.30. The number of nitriles is 1. The van der Waals surface area contributed by atoms with E-state index in [1.165, 1.54) is 0 Å². The zero-order valence-electron chi connectivity index (χ0n) is 10.4. The van der Waals surface area contributed by atoms with Crippen molar-refractivity contribution in [1.82, 2.24) is 0 Å². The maximum absolute atomic E-state index is 8.91. The summed E-state index contributed by atoms with van der Waals surface area (Å²) >= 11 is 5.88. The van der Waals surface area contributed by atoms with Crippen molar-refractivity contribution in [2.45, 2.75) is 25.7 Å². The van der Waals surface area contributed by atoms with Crippen molar-refractivity contribution in [2.24, 2.45) is 0 Å². The van der Waals surface area contributed by atoms with E-state index >= 15 is 0 Å². The number of hydrogen-bond donors (Lipinski definition) is 1. The van der Waals surface area contributed by atoms with Crippen molar-refractivity contribution in [3.8, 4) is 6.07 Å². The summed E-state index contributed by atoms with van der Waals surface area (Å²) in [4.78, 5) is 0. The first-order chi connectivity index (χ1) is 8.50. The van der Waals surface area contributed by atoms with Gasteiger partial charge in [-0.3, -0.25) is 0 Å². The average molecular weight is 267 g/mol. The fourth-order valence-electron chi connectivity index (χ4n) is 1.71. The third-order valence-corrected chi connectivity index (χ3v) is 3.05. The first kappa shape index (κ1) is 13.2. The van der Waals surface area contributed by atoms with Crippen LogP contribution in [0.1, 0.15) is 19.4 Å². The number of nitrogens with zero attached hydrogens (tertiary/aromatic N) is 1. The van der Waals surface area contributed by atoms with Crippen molar-refractivity contribution in [1.29, 1.82) is 5.26 Å². The molecule has 1 aliphatic rings. The summed E-state index contributed by atoms with van der Waals surface area (Å²) in [6.45, 7) is 4.91. The fourth-order valence-corrected chi connectivity index (χ4v) is 1.87. The molecule has 0 atom stereocenters. The quantitative estimate of drug-likeness (QED) is 0.894. The summed E-state index contributed by atoms with van der Waals surface area (Å²) in [5.74, 6) is -0.518. The Morgan fingerprint density at radius 3 is 2.67 bits per heavy atom. The molecule has 96 valence electrons. The zero-order valence-corrected chi connectivity index (χ0v) is 11.1. The minimum atomic E-state index is -0.518. The highest BCUT2D eigenvalue weighted by Gasteiger charge is 2.28. The molecule has 0 radical (unpaired) electrons. The Kier molecular flexibility index (Phi) is 3.76. The minimum absolute atomic E-state index is 0.0748. The first-order valence-electron chi connectivity index (χ1n) is 5.74. The Balaban J connectivity index is 2.01. The lowest BCUT2D eigenvalue weighted by molar-refractivity contribution is -0.247. The third kappa shape index (κ3) is 3.14. The van der Waals surface area contributed by atoms with Gasteiger partial charge in [0.1, 0.15) is 6.07 Å². The Labute approximate surface area is 111 Å². The molecule has 0 spiro atoms. The number of rotatable bonds is 2. The van der Waals surface area contributed by atoms with Crippen molar-refractivity contribution in [3.05, 3.63) is 28.8 Å². The molecule has 0 bridgehead atoms. The summed E-state index contributed by atoms with van der Waals surface area (Å²) in [6, 6.07) is 7.39. The molecule has 0 unspecified atom stereocenters. The molecule has 1 saturated heterocycles. The van der Waals surface area contributed by atoms with Crippen LogP contribution in [0.5, 0.6) is 0 Å². The van der Waals surface area contributed by atoms with E-state index in [2.05, 4.69) is 11.4 Å². The normalized spacial score (nSPS) is 19.2. The van der Waals surface area contributed by atoms with E-state index in [0.29, 0.717) is 23.8 Å². The van der Waals surface area contributed by atoms with Crippen LogP contribution >= 0.6 is 11.6 Å². The van der Waals surface area contributed by atoms with Gasteiger partial charge in [0.25, 0.3) is 0 Å². The smallest absolute Gasteiger partial charge is 0.162 e. The Morgan fingerprint density at radius 2 is 2.06 bits per heavy atom. The van der Waals surface area contributed by atoms with Crippen LogP contribution in [0.15, 0.2) is 18.2 Å². The van der Waals surface area contributed by atoms with Gasteiger partial charge in [0, 0.05) is 5.69 Å². The lowest BCUT2D eigenvalue weighted by Gasteiger charge is -2.35. The van der Waals surface area contributed by atoms with Crippen LogP contribution in [0.2, 0.25) is 5.02 Å². The van der Waals surface area contributed by atoms with Crippen molar-refractivity contribution in [2.75, 3.05) is 18.5 Å². The molecule has 2 rings (SSSR count).